The van der Waals surface area contributed by atoms with Crippen molar-refractivity contribution in [1.29, 1.82) is 0 Å². The highest BCUT2D eigenvalue weighted by atomic mass is 16.7. The number of para-hydroxylation sites is 1. The van der Waals surface area contributed by atoms with Crippen molar-refractivity contribution in [1.82, 2.24) is 20.3 Å². The highest BCUT2D eigenvalue weighted by molar-refractivity contribution is 5.88. The van der Waals surface area contributed by atoms with Crippen molar-refractivity contribution in [3.05, 3.63) is 71.9 Å². The van der Waals surface area contributed by atoms with Crippen LogP contribution >= 0.6 is 0 Å². The molecule has 1 aliphatic carbocycles. The summed E-state index contributed by atoms with van der Waals surface area (Å²) in [6.45, 7) is 2.18. The zero-order chi connectivity index (χ0) is 34.2. The van der Waals surface area contributed by atoms with Gasteiger partial charge in [0.15, 0.2) is 5.60 Å². The van der Waals surface area contributed by atoms with Crippen LogP contribution in [-0.4, -0.2) is 98.7 Å². The van der Waals surface area contributed by atoms with Gasteiger partial charge in [0.25, 0.3) is 0 Å². The number of carboxylic acids is 3. The maximum atomic E-state index is 12.5. The van der Waals surface area contributed by atoms with Crippen LogP contribution in [0.2, 0.25) is 0 Å². The number of aromatic amines is 1. The van der Waals surface area contributed by atoms with E-state index in [2.05, 4.69) is 84.0 Å². The number of H-pyrrole nitrogens is 1. The Morgan fingerprint density at radius 2 is 1.57 bits per heavy atom. The van der Waals surface area contributed by atoms with Crippen LogP contribution in [0.5, 0.6) is 0 Å². The van der Waals surface area contributed by atoms with Gasteiger partial charge in [-0.1, -0.05) is 48.5 Å². The first-order valence-electron chi connectivity index (χ1n) is 15.7. The Bertz CT molecular complexity index is 1520. The summed E-state index contributed by atoms with van der Waals surface area (Å²) < 4.78 is 0. The van der Waals surface area contributed by atoms with E-state index in [1.165, 1.54) is 16.5 Å². The molecule has 2 aromatic carbocycles. The summed E-state index contributed by atoms with van der Waals surface area (Å²) in [7, 11) is 4.37. The van der Waals surface area contributed by atoms with Gasteiger partial charge in [0, 0.05) is 48.2 Å². The second-order valence-corrected chi connectivity index (χ2v) is 12.6. The fraction of sp³-hybridized carbons (Fsp3) is 0.471. The third-order valence-corrected chi connectivity index (χ3v) is 9.34. The molecule has 47 heavy (non-hydrogen) atoms. The number of aromatic nitrogens is 1. The number of nitrogens with zero attached hydrogens (tertiary/aromatic N) is 2. The molecule has 2 fully saturated rings. The van der Waals surface area contributed by atoms with Gasteiger partial charge < -0.3 is 35.6 Å². The zero-order valence-electron chi connectivity index (χ0n) is 26.7. The van der Waals surface area contributed by atoms with Crippen molar-refractivity contribution in [2.24, 2.45) is 5.92 Å². The van der Waals surface area contributed by atoms with Crippen molar-refractivity contribution in [3.63, 3.8) is 0 Å². The Morgan fingerprint density at radius 1 is 0.957 bits per heavy atom. The molecular formula is C34H44N4O9. The number of aliphatic carboxylic acids is 3. The lowest BCUT2D eigenvalue weighted by Gasteiger charge is -2.45. The standard InChI is InChI=1S/C28H36N4O2.C6H8O7/c1-31(2)28(23-8-4-3-5-9-23)15-12-21(13-16-28)18-30-27(33)34-32-17-14-22(20-32)25-19-29-26-11-7-6-10-24(25)26;7-3(8)1-6(13,5(11)12)2-4(9)10/h3-11,19,21-22,29H,12-18,20H2,1-2H3,(H,30,33);13H,1-2H2,(H,7,8)(H,9,10)(H,11,12). The van der Waals surface area contributed by atoms with Gasteiger partial charge in [-0.3, -0.25) is 14.5 Å². The van der Waals surface area contributed by atoms with Crippen molar-refractivity contribution in [2.45, 2.75) is 62.0 Å². The molecule has 1 saturated heterocycles. The number of hydrogen-bond acceptors (Lipinski definition) is 8. The minimum Gasteiger partial charge on any atom is -0.481 e. The minimum atomic E-state index is -2.74. The molecule has 0 radical (unpaired) electrons. The highest BCUT2D eigenvalue weighted by Gasteiger charge is 2.41. The second-order valence-electron chi connectivity index (χ2n) is 12.6. The molecule has 1 saturated carbocycles. The summed E-state index contributed by atoms with van der Waals surface area (Å²) in [5, 5.41) is 39.9. The van der Waals surface area contributed by atoms with Gasteiger partial charge in [0.2, 0.25) is 0 Å². The molecule has 1 unspecified atom stereocenters. The number of rotatable bonds is 11. The molecule has 1 amide bonds. The first-order valence-corrected chi connectivity index (χ1v) is 15.7. The molecule has 254 valence electrons. The van der Waals surface area contributed by atoms with Crippen molar-refractivity contribution in [2.75, 3.05) is 33.7 Å². The Labute approximate surface area is 273 Å². The lowest BCUT2D eigenvalue weighted by Crippen LogP contribution is -2.45. The average molecular weight is 653 g/mol. The van der Waals surface area contributed by atoms with E-state index in [0.29, 0.717) is 18.4 Å². The number of carboxylic acid groups (broad SMARTS) is 3. The minimum absolute atomic E-state index is 0.0885. The van der Waals surface area contributed by atoms with E-state index in [-0.39, 0.29) is 11.6 Å². The number of carbonyl (C=O) groups is 4. The monoisotopic (exact) mass is 652 g/mol. The van der Waals surface area contributed by atoms with Gasteiger partial charge in [0.05, 0.1) is 12.8 Å². The third kappa shape index (κ3) is 8.88. The molecule has 1 aromatic heterocycles. The summed E-state index contributed by atoms with van der Waals surface area (Å²) >= 11 is 0. The van der Waals surface area contributed by atoms with Gasteiger partial charge in [0.1, 0.15) is 0 Å². The maximum absolute atomic E-state index is 12.5. The van der Waals surface area contributed by atoms with Crippen LogP contribution in [0.25, 0.3) is 10.9 Å². The fourth-order valence-corrected chi connectivity index (χ4v) is 6.69. The molecule has 6 N–H and O–H groups in total. The number of aliphatic hydroxyl groups is 1. The summed E-state index contributed by atoms with van der Waals surface area (Å²) in [6.07, 6.45) is 4.87. The van der Waals surface area contributed by atoms with Gasteiger partial charge in [-0.15, -0.1) is 5.06 Å². The maximum Gasteiger partial charge on any atom is 0.426 e. The quantitative estimate of drug-likeness (QED) is 0.175. The van der Waals surface area contributed by atoms with E-state index >= 15 is 0 Å². The van der Waals surface area contributed by atoms with E-state index in [1.54, 1.807) is 0 Å². The smallest absolute Gasteiger partial charge is 0.426 e. The first-order chi connectivity index (χ1) is 22.3. The van der Waals surface area contributed by atoms with Crippen LogP contribution in [-0.2, 0) is 24.8 Å². The molecule has 13 nitrogen and oxygen atoms in total. The Hall–Kier alpha value is -4.46. The van der Waals surface area contributed by atoms with Crippen LogP contribution in [0, 0.1) is 5.92 Å². The molecule has 3 aromatic rings. The predicted molar refractivity (Wildman–Crippen MR) is 173 cm³/mol. The molecule has 1 aliphatic heterocycles. The summed E-state index contributed by atoms with van der Waals surface area (Å²) in [5.41, 5.74) is 1.22. The van der Waals surface area contributed by atoms with Gasteiger partial charge in [-0.05, 0) is 69.3 Å². The summed E-state index contributed by atoms with van der Waals surface area (Å²) in [5.74, 6) is -4.16. The molecule has 2 aliphatic rings. The number of hydroxylamine groups is 2. The summed E-state index contributed by atoms with van der Waals surface area (Å²) in [6, 6.07) is 19.2. The van der Waals surface area contributed by atoms with Gasteiger partial charge >= 0.3 is 24.0 Å². The van der Waals surface area contributed by atoms with E-state index in [1.807, 2.05) is 11.1 Å². The van der Waals surface area contributed by atoms with Crippen LogP contribution in [0.3, 0.4) is 0 Å². The Kier molecular flexibility index (Phi) is 11.6. The van der Waals surface area contributed by atoms with E-state index in [4.69, 9.17) is 25.3 Å². The van der Waals surface area contributed by atoms with Gasteiger partial charge in [-0.25, -0.2) is 9.59 Å². The van der Waals surface area contributed by atoms with E-state index in [9.17, 15) is 19.2 Å². The summed E-state index contributed by atoms with van der Waals surface area (Å²) in [4.78, 5) is 54.4. The van der Waals surface area contributed by atoms with Crippen LogP contribution in [0.4, 0.5) is 4.79 Å². The number of hydrogen-bond donors (Lipinski definition) is 6. The third-order valence-electron chi connectivity index (χ3n) is 9.34. The lowest BCUT2D eigenvalue weighted by atomic mass is 9.72. The Morgan fingerprint density at radius 3 is 2.17 bits per heavy atom. The number of nitrogens with one attached hydrogen (secondary N) is 2. The normalized spacial score (nSPS) is 21.5. The largest absolute Gasteiger partial charge is 0.481 e. The van der Waals surface area contributed by atoms with Crippen molar-refractivity contribution in [3.8, 4) is 0 Å². The highest BCUT2D eigenvalue weighted by Crippen LogP contribution is 2.43. The number of fused-ring (bicyclic) bond motifs is 1. The van der Waals surface area contributed by atoms with E-state index < -0.39 is 36.4 Å². The molecular weight excluding hydrogens is 608 g/mol. The molecule has 0 bridgehead atoms. The number of benzene rings is 2. The number of amides is 1. The molecule has 5 rings (SSSR count). The van der Waals surface area contributed by atoms with E-state index in [0.717, 1.165) is 50.7 Å². The SMILES string of the molecule is CN(C)C1(c2ccccc2)CCC(CNC(=O)ON2CCC(c3c[nH]c4ccccc34)C2)CC1.O=C(O)CC(O)(CC(=O)O)C(=O)O. The van der Waals surface area contributed by atoms with Crippen molar-refractivity contribution < 1.29 is 44.4 Å². The number of carbonyl (C=O) groups excluding carboxylic acids is 1. The lowest BCUT2D eigenvalue weighted by molar-refractivity contribution is -0.170. The molecule has 2 heterocycles. The van der Waals surface area contributed by atoms with Crippen LogP contribution < -0.4 is 5.32 Å². The second kappa shape index (κ2) is 15.4. The van der Waals surface area contributed by atoms with Gasteiger partial charge in [-0.2, -0.15) is 0 Å². The van der Waals surface area contributed by atoms with Crippen LogP contribution in [0.1, 0.15) is 62.0 Å². The fourth-order valence-electron chi connectivity index (χ4n) is 6.69. The topological polar surface area (TPSA) is 193 Å². The molecule has 1 atom stereocenters. The predicted octanol–water partition coefficient (Wildman–Crippen LogP) is 4.00. The first kappa shape index (κ1) is 35.4. The van der Waals surface area contributed by atoms with Crippen LogP contribution in [0.15, 0.2) is 60.8 Å². The molecule has 0 spiro atoms. The Balaban J connectivity index is 0.000000328. The average Bonchev–Trinajstić information content (AvgIpc) is 3.67. The van der Waals surface area contributed by atoms with Crippen molar-refractivity contribution >= 4 is 34.9 Å². The zero-order valence-corrected chi connectivity index (χ0v) is 26.7. The molecule has 13 heteroatoms.